The van der Waals surface area contributed by atoms with Crippen LogP contribution in [0.15, 0.2) is 24.3 Å². The van der Waals surface area contributed by atoms with E-state index in [1.165, 1.54) is 0 Å². The Bertz CT molecular complexity index is 297. The molecule has 0 amide bonds. The number of aliphatic hydroxyl groups is 1. The minimum Gasteiger partial charge on any atom is -0.488 e. The van der Waals surface area contributed by atoms with Crippen LogP contribution in [-0.2, 0) is 4.74 Å². The van der Waals surface area contributed by atoms with Crippen LogP contribution in [0.4, 0.5) is 0 Å². The molecule has 1 unspecified atom stereocenters. The fraction of sp³-hybridized carbons (Fsp3) is 0.500. The van der Waals surface area contributed by atoms with Crippen molar-refractivity contribution in [1.29, 1.82) is 0 Å². The van der Waals surface area contributed by atoms with Gasteiger partial charge in [-0.25, -0.2) is 0 Å². The molecule has 0 saturated carbocycles. The van der Waals surface area contributed by atoms with Crippen molar-refractivity contribution in [3.05, 3.63) is 29.8 Å². The minimum atomic E-state index is -0.466. The molecule has 2 atom stereocenters. The Kier molecular flexibility index (Phi) is 4.59. The molecule has 84 valence electrons. The highest BCUT2D eigenvalue weighted by Crippen LogP contribution is 2.19. The molecule has 0 radical (unpaired) electrons. The monoisotopic (exact) mass is 210 g/mol. The molecule has 1 rings (SSSR count). The molecule has 1 aromatic carbocycles. The van der Waals surface area contributed by atoms with E-state index in [0.717, 1.165) is 11.3 Å². The van der Waals surface area contributed by atoms with Crippen molar-refractivity contribution in [2.75, 3.05) is 13.7 Å². The van der Waals surface area contributed by atoms with Crippen LogP contribution >= 0.6 is 0 Å². The largest absolute Gasteiger partial charge is 0.488 e. The van der Waals surface area contributed by atoms with Crippen LogP contribution in [0.1, 0.15) is 25.5 Å². The van der Waals surface area contributed by atoms with Crippen LogP contribution in [0.5, 0.6) is 5.75 Å². The molecule has 3 heteroatoms. The molecule has 1 aromatic rings. The Morgan fingerprint density at radius 3 is 2.67 bits per heavy atom. The summed E-state index contributed by atoms with van der Waals surface area (Å²) in [5.41, 5.74) is 0.858. The molecule has 0 bridgehead atoms. The average Bonchev–Trinajstić information content (AvgIpc) is 2.18. The van der Waals surface area contributed by atoms with E-state index in [1.54, 1.807) is 14.0 Å². The second-order valence-corrected chi connectivity index (χ2v) is 3.63. The van der Waals surface area contributed by atoms with Crippen molar-refractivity contribution in [3.8, 4) is 5.75 Å². The van der Waals surface area contributed by atoms with Gasteiger partial charge >= 0.3 is 0 Å². The molecule has 0 saturated heterocycles. The summed E-state index contributed by atoms with van der Waals surface area (Å²) < 4.78 is 10.6. The van der Waals surface area contributed by atoms with Gasteiger partial charge in [0, 0.05) is 7.11 Å². The minimum absolute atomic E-state index is 0.0132. The lowest BCUT2D eigenvalue weighted by atomic mass is 10.1. The van der Waals surface area contributed by atoms with E-state index in [2.05, 4.69) is 0 Å². The average molecular weight is 210 g/mol. The zero-order valence-corrected chi connectivity index (χ0v) is 9.43. The number of hydrogen-bond acceptors (Lipinski definition) is 3. The Morgan fingerprint density at radius 1 is 1.33 bits per heavy atom. The van der Waals surface area contributed by atoms with E-state index >= 15 is 0 Å². The number of ether oxygens (including phenoxy) is 2. The van der Waals surface area contributed by atoms with Gasteiger partial charge in [0.2, 0.25) is 0 Å². The summed E-state index contributed by atoms with van der Waals surface area (Å²) in [6.45, 7) is 4.23. The third-order valence-corrected chi connectivity index (χ3v) is 2.08. The predicted octanol–water partition coefficient (Wildman–Crippen LogP) is 2.15. The lowest BCUT2D eigenvalue weighted by Crippen LogP contribution is -2.17. The van der Waals surface area contributed by atoms with Gasteiger partial charge in [0.25, 0.3) is 0 Å². The van der Waals surface area contributed by atoms with Crippen molar-refractivity contribution in [3.63, 3.8) is 0 Å². The fourth-order valence-electron chi connectivity index (χ4n) is 1.35. The molecule has 0 aromatic heterocycles. The number of rotatable bonds is 5. The number of aliphatic hydroxyl groups excluding tert-OH is 1. The summed E-state index contributed by atoms with van der Waals surface area (Å²) >= 11 is 0. The normalized spacial score (nSPS) is 14.7. The first-order chi connectivity index (χ1) is 7.13. The lowest BCUT2D eigenvalue weighted by molar-refractivity contribution is 0.0918. The smallest absolute Gasteiger partial charge is 0.120 e. The summed E-state index contributed by atoms with van der Waals surface area (Å²) in [5, 5.41) is 9.41. The summed E-state index contributed by atoms with van der Waals surface area (Å²) in [6, 6.07) is 7.46. The lowest BCUT2D eigenvalue weighted by Gasteiger charge is -2.14. The van der Waals surface area contributed by atoms with Crippen LogP contribution in [-0.4, -0.2) is 24.9 Å². The van der Waals surface area contributed by atoms with Crippen molar-refractivity contribution >= 4 is 0 Å². The number of methoxy groups -OCH3 is 1. The maximum Gasteiger partial charge on any atom is 0.120 e. The van der Waals surface area contributed by atoms with E-state index in [0.29, 0.717) is 6.61 Å². The standard InChI is InChI=1S/C12H18O3/c1-9(8-14-3)15-12-6-4-5-11(7-12)10(2)13/h4-7,9-10,13H,8H2,1-3H3/t9?,10-/m0/s1. The summed E-state index contributed by atoms with van der Waals surface area (Å²) in [7, 11) is 1.64. The van der Waals surface area contributed by atoms with Gasteiger partial charge in [-0.2, -0.15) is 0 Å². The molecule has 3 nitrogen and oxygen atoms in total. The van der Waals surface area contributed by atoms with E-state index in [4.69, 9.17) is 9.47 Å². The first kappa shape index (κ1) is 12.0. The topological polar surface area (TPSA) is 38.7 Å². The first-order valence-corrected chi connectivity index (χ1v) is 5.07. The highest BCUT2D eigenvalue weighted by Gasteiger charge is 2.05. The molecule has 0 heterocycles. The van der Waals surface area contributed by atoms with Gasteiger partial charge in [-0.1, -0.05) is 12.1 Å². The van der Waals surface area contributed by atoms with Crippen LogP contribution in [0.3, 0.4) is 0 Å². The maximum absolute atomic E-state index is 9.41. The summed E-state index contributed by atoms with van der Waals surface area (Å²) in [6.07, 6.45) is -0.453. The van der Waals surface area contributed by atoms with Gasteiger partial charge in [-0.3, -0.25) is 0 Å². The highest BCUT2D eigenvalue weighted by atomic mass is 16.5. The Morgan fingerprint density at radius 2 is 2.07 bits per heavy atom. The quantitative estimate of drug-likeness (QED) is 0.809. The third-order valence-electron chi connectivity index (χ3n) is 2.08. The van der Waals surface area contributed by atoms with Gasteiger partial charge in [-0.15, -0.1) is 0 Å². The summed E-state index contributed by atoms with van der Waals surface area (Å²) in [4.78, 5) is 0. The summed E-state index contributed by atoms with van der Waals surface area (Å²) in [5.74, 6) is 0.762. The molecule has 0 aliphatic carbocycles. The zero-order valence-electron chi connectivity index (χ0n) is 9.43. The van der Waals surface area contributed by atoms with Crippen LogP contribution in [0.25, 0.3) is 0 Å². The van der Waals surface area contributed by atoms with Gasteiger partial charge < -0.3 is 14.6 Å². The number of benzene rings is 1. The van der Waals surface area contributed by atoms with Crippen LogP contribution < -0.4 is 4.74 Å². The third kappa shape index (κ3) is 3.90. The Hall–Kier alpha value is -1.06. The second-order valence-electron chi connectivity index (χ2n) is 3.63. The van der Waals surface area contributed by atoms with E-state index < -0.39 is 6.10 Å². The van der Waals surface area contributed by atoms with E-state index in [9.17, 15) is 5.11 Å². The molecule has 0 aliphatic rings. The highest BCUT2D eigenvalue weighted by molar-refractivity contribution is 5.29. The first-order valence-electron chi connectivity index (χ1n) is 5.07. The van der Waals surface area contributed by atoms with E-state index in [1.807, 2.05) is 31.2 Å². The molecule has 0 spiro atoms. The molecule has 0 fully saturated rings. The van der Waals surface area contributed by atoms with Crippen LogP contribution in [0, 0.1) is 0 Å². The van der Waals surface area contributed by atoms with E-state index in [-0.39, 0.29) is 6.10 Å². The molecular weight excluding hydrogens is 192 g/mol. The predicted molar refractivity (Wildman–Crippen MR) is 59.0 cm³/mol. The number of hydrogen-bond donors (Lipinski definition) is 1. The second kappa shape index (κ2) is 5.73. The Labute approximate surface area is 90.6 Å². The SMILES string of the molecule is COCC(C)Oc1cccc([C@H](C)O)c1. The Balaban J connectivity index is 2.65. The maximum atomic E-state index is 9.41. The molecule has 1 N–H and O–H groups in total. The van der Waals surface area contributed by atoms with Crippen molar-refractivity contribution < 1.29 is 14.6 Å². The van der Waals surface area contributed by atoms with Crippen molar-refractivity contribution in [2.45, 2.75) is 26.1 Å². The molecular formula is C12H18O3. The van der Waals surface area contributed by atoms with Crippen LogP contribution in [0.2, 0.25) is 0 Å². The van der Waals surface area contributed by atoms with Crippen molar-refractivity contribution in [1.82, 2.24) is 0 Å². The van der Waals surface area contributed by atoms with Gasteiger partial charge in [-0.05, 0) is 31.5 Å². The van der Waals surface area contributed by atoms with Gasteiger partial charge in [0.15, 0.2) is 0 Å². The zero-order chi connectivity index (χ0) is 11.3. The fourth-order valence-corrected chi connectivity index (χ4v) is 1.35. The van der Waals surface area contributed by atoms with Crippen molar-refractivity contribution in [2.24, 2.45) is 0 Å². The van der Waals surface area contributed by atoms with Gasteiger partial charge in [0.05, 0.1) is 12.7 Å². The molecule has 15 heavy (non-hydrogen) atoms. The molecule has 0 aliphatic heterocycles. The van der Waals surface area contributed by atoms with Gasteiger partial charge in [0.1, 0.15) is 11.9 Å².